The number of benzene rings is 1. The SMILES string of the molecule is Cc1c(C(=O)NCc2ccc3c(c2)OCO3)oc2c1/C(=N\NC(N)=O)CC(C)(C)C2. The van der Waals surface area contributed by atoms with Crippen LogP contribution in [0.25, 0.3) is 0 Å². The molecule has 9 heteroatoms. The quantitative estimate of drug-likeness (QED) is 0.665. The molecule has 0 spiro atoms. The van der Waals surface area contributed by atoms with Gasteiger partial charge in [-0.15, -0.1) is 0 Å². The van der Waals surface area contributed by atoms with Crippen LogP contribution in [0.3, 0.4) is 0 Å². The number of furan rings is 1. The molecule has 1 aromatic heterocycles. The smallest absolute Gasteiger partial charge is 0.332 e. The molecule has 9 nitrogen and oxygen atoms in total. The zero-order valence-electron chi connectivity index (χ0n) is 17.1. The van der Waals surface area contributed by atoms with Gasteiger partial charge in [0.25, 0.3) is 5.91 Å². The van der Waals surface area contributed by atoms with E-state index >= 15 is 0 Å². The van der Waals surface area contributed by atoms with Crippen molar-refractivity contribution in [1.82, 2.24) is 10.7 Å². The van der Waals surface area contributed by atoms with Crippen molar-refractivity contribution in [3.8, 4) is 11.5 Å². The van der Waals surface area contributed by atoms with Gasteiger partial charge in [0, 0.05) is 24.1 Å². The first-order chi connectivity index (χ1) is 14.2. The first kappa shape index (κ1) is 19.8. The van der Waals surface area contributed by atoms with Gasteiger partial charge >= 0.3 is 6.03 Å². The maximum atomic E-state index is 12.8. The summed E-state index contributed by atoms with van der Waals surface area (Å²) in [6.07, 6.45) is 1.28. The monoisotopic (exact) mass is 412 g/mol. The molecule has 0 radical (unpaired) electrons. The summed E-state index contributed by atoms with van der Waals surface area (Å²) in [5.41, 5.74) is 10.3. The van der Waals surface area contributed by atoms with Crippen LogP contribution in [0.15, 0.2) is 27.7 Å². The predicted molar refractivity (Wildman–Crippen MR) is 109 cm³/mol. The van der Waals surface area contributed by atoms with Gasteiger partial charge in [-0.1, -0.05) is 19.9 Å². The first-order valence-corrected chi connectivity index (χ1v) is 9.65. The van der Waals surface area contributed by atoms with Crippen molar-refractivity contribution in [3.63, 3.8) is 0 Å². The van der Waals surface area contributed by atoms with Gasteiger partial charge in [0.1, 0.15) is 5.76 Å². The molecule has 2 aromatic rings. The van der Waals surface area contributed by atoms with Crippen LogP contribution in [0.2, 0.25) is 0 Å². The highest BCUT2D eigenvalue weighted by Gasteiger charge is 2.36. The number of carbonyl (C=O) groups is 2. The lowest BCUT2D eigenvalue weighted by molar-refractivity contribution is 0.0919. The van der Waals surface area contributed by atoms with Crippen molar-refractivity contribution < 1.29 is 23.5 Å². The third-order valence-corrected chi connectivity index (χ3v) is 5.19. The molecule has 0 atom stereocenters. The Hall–Kier alpha value is -3.49. The second-order valence-electron chi connectivity index (χ2n) is 8.28. The fourth-order valence-corrected chi connectivity index (χ4v) is 3.86. The van der Waals surface area contributed by atoms with E-state index < -0.39 is 6.03 Å². The zero-order chi connectivity index (χ0) is 21.5. The average Bonchev–Trinajstić information content (AvgIpc) is 3.27. The first-order valence-electron chi connectivity index (χ1n) is 9.65. The molecule has 4 rings (SSSR count). The lowest BCUT2D eigenvalue weighted by Gasteiger charge is -2.29. The van der Waals surface area contributed by atoms with Gasteiger partial charge < -0.3 is 24.9 Å². The summed E-state index contributed by atoms with van der Waals surface area (Å²) >= 11 is 0. The van der Waals surface area contributed by atoms with Crippen LogP contribution >= 0.6 is 0 Å². The normalized spacial score (nSPS) is 17.5. The van der Waals surface area contributed by atoms with Crippen molar-refractivity contribution >= 4 is 17.6 Å². The average molecular weight is 412 g/mol. The van der Waals surface area contributed by atoms with Gasteiger partial charge in [-0.3, -0.25) is 4.79 Å². The van der Waals surface area contributed by atoms with E-state index in [0.29, 0.717) is 47.9 Å². The molecule has 1 aliphatic carbocycles. The number of hydrogen-bond acceptors (Lipinski definition) is 6. The molecule has 0 saturated heterocycles. The molecule has 1 aliphatic heterocycles. The van der Waals surface area contributed by atoms with E-state index in [4.69, 9.17) is 19.6 Å². The molecule has 0 saturated carbocycles. The molecule has 30 heavy (non-hydrogen) atoms. The van der Waals surface area contributed by atoms with E-state index in [-0.39, 0.29) is 23.9 Å². The second kappa shape index (κ2) is 7.40. The highest BCUT2D eigenvalue weighted by atomic mass is 16.7. The number of ether oxygens (including phenoxy) is 2. The van der Waals surface area contributed by atoms with Crippen LogP contribution < -0.4 is 25.9 Å². The van der Waals surface area contributed by atoms with Crippen LogP contribution in [0.5, 0.6) is 11.5 Å². The molecule has 0 fully saturated rings. The number of hydrogen-bond donors (Lipinski definition) is 3. The summed E-state index contributed by atoms with van der Waals surface area (Å²) in [6, 6.07) is 4.79. The Morgan fingerprint density at radius 3 is 2.73 bits per heavy atom. The molecule has 0 unspecified atom stereocenters. The van der Waals surface area contributed by atoms with Crippen molar-refractivity contribution in [2.75, 3.05) is 6.79 Å². The number of fused-ring (bicyclic) bond motifs is 2. The second-order valence-corrected chi connectivity index (χ2v) is 8.28. The van der Waals surface area contributed by atoms with Gasteiger partial charge in [0.15, 0.2) is 17.3 Å². The Balaban J connectivity index is 1.56. The van der Waals surface area contributed by atoms with E-state index in [0.717, 1.165) is 11.1 Å². The zero-order valence-corrected chi connectivity index (χ0v) is 17.1. The van der Waals surface area contributed by atoms with E-state index in [1.165, 1.54) is 0 Å². The van der Waals surface area contributed by atoms with E-state index in [9.17, 15) is 9.59 Å². The van der Waals surface area contributed by atoms with Crippen molar-refractivity contribution in [1.29, 1.82) is 0 Å². The molecule has 4 N–H and O–H groups in total. The van der Waals surface area contributed by atoms with E-state index in [1.54, 1.807) is 0 Å². The molecular formula is C21H24N4O5. The van der Waals surface area contributed by atoms with E-state index in [1.807, 2.05) is 25.1 Å². The molecule has 2 heterocycles. The predicted octanol–water partition coefficient (Wildman–Crippen LogP) is 2.59. The number of nitrogens with zero attached hydrogens (tertiary/aromatic N) is 1. The Labute approximate surface area is 173 Å². The maximum Gasteiger partial charge on any atom is 0.332 e. The highest BCUT2D eigenvalue weighted by molar-refractivity contribution is 6.07. The van der Waals surface area contributed by atoms with Crippen molar-refractivity contribution in [3.05, 3.63) is 46.4 Å². The summed E-state index contributed by atoms with van der Waals surface area (Å²) in [7, 11) is 0. The van der Waals surface area contributed by atoms with Gasteiger partial charge in [0.2, 0.25) is 6.79 Å². The number of hydrazone groups is 1. The summed E-state index contributed by atoms with van der Waals surface area (Å²) in [5.74, 6) is 1.96. The third kappa shape index (κ3) is 3.83. The fraction of sp³-hybridized carbons (Fsp3) is 0.381. The summed E-state index contributed by atoms with van der Waals surface area (Å²) in [5, 5.41) is 7.04. The summed E-state index contributed by atoms with van der Waals surface area (Å²) in [6.45, 7) is 6.49. The molecule has 0 bridgehead atoms. The highest BCUT2D eigenvalue weighted by Crippen LogP contribution is 2.39. The van der Waals surface area contributed by atoms with Gasteiger partial charge in [-0.05, 0) is 36.5 Å². The summed E-state index contributed by atoms with van der Waals surface area (Å²) in [4.78, 5) is 23.9. The van der Waals surface area contributed by atoms with Crippen LogP contribution in [0, 0.1) is 12.3 Å². The van der Waals surface area contributed by atoms with Gasteiger partial charge in [-0.2, -0.15) is 5.10 Å². The van der Waals surface area contributed by atoms with Crippen molar-refractivity contribution in [2.45, 2.75) is 40.2 Å². The van der Waals surface area contributed by atoms with Crippen LogP contribution in [0.4, 0.5) is 4.79 Å². The standard InChI is InChI=1S/C21H24N4O5/c1-11-17-13(24-25-20(22)27)7-21(2,3)8-16(17)30-18(11)19(26)23-9-12-4-5-14-15(6-12)29-10-28-14/h4-6H,7-10H2,1-3H3,(H,23,26)(H3,22,25,27)/b24-13-. The molecule has 2 aliphatic rings. The number of rotatable bonds is 4. The molecular weight excluding hydrogens is 388 g/mol. The number of carbonyl (C=O) groups excluding carboxylic acids is 2. The maximum absolute atomic E-state index is 12.8. The minimum absolute atomic E-state index is 0.129. The topological polar surface area (TPSA) is 128 Å². The number of nitrogens with two attached hydrogens (primary N) is 1. The minimum atomic E-state index is -0.740. The molecule has 1 aromatic carbocycles. The summed E-state index contributed by atoms with van der Waals surface area (Å²) < 4.78 is 16.6. The van der Waals surface area contributed by atoms with Crippen LogP contribution in [-0.2, 0) is 13.0 Å². The fourth-order valence-electron chi connectivity index (χ4n) is 3.86. The Morgan fingerprint density at radius 2 is 1.97 bits per heavy atom. The van der Waals surface area contributed by atoms with Crippen LogP contribution in [-0.4, -0.2) is 24.4 Å². The third-order valence-electron chi connectivity index (χ3n) is 5.19. The minimum Gasteiger partial charge on any atom is -0.455 e. The number of urea groups is 1. The number of amides is 3. The van der Waals surface area contributed by atoms with E-state index in [2.05, 4.69) is 29.7 Å². The molecule has 3 amide bonds. The number of primary amides is 1. The lowest BCUT2D eigenvalue weighted by atomic mass is 9.75. The molecule has 158 valence electrons. The van der Waals surface area contributed by atoms with Crippen LogP contribution in [0.1, 0.15) is 53.3 Å². The Bertz CT molecular complexity index is 1050. The van der Waals surface area contributed by atoms with Crippen molar-refractivity contribution in [2.24, 2.45) is 16.3 Å². The van der Waals surface area contributed by atoms with Gasteiger partial charge in [-0.25, -0.2) is 10.2 Å². The largest absolute Gasteiger partial charge is 0.455 e. The lowest BCUT2D eigenvalue weighted by Crippen LogP contribution is -2.31. The Kier molecular flexibility index (Phi) is 4.89. The number of nitrogens with one attached hydrogen (secondary N) is 2. The Morgan fingerprint density at radius 1 is 1.20 bits per heavy atom. The van der Waals surface area contributed by atoms with Gasteiger partial charge in [0.05, 0.1) is 5.71 Å².